The quantitative estimate of drug-likeness (QED) is 0.571. The summed E-state index contributed by atoms with van der Waals surface area (Å²) in [5.41, 5.74) is 0.612. The summed E-state index contributed by atoms with van der Waals surface area (Å²) in [4.78, 5) is 34.1. The minimum atomic E-state index is -0.731. The lowest BCUT2D eigenvalue weighted by molar-refractivity contribution is -0.143. The minimum Gasteiger partial charge on any atom is -0.497 e. The van der Waals surface area contributed by atoms with Crippen molar-refractivity contribution in [2.45, 2.75) is 6.92 Å². The second kappa shape index (κ2) is 9.88. The van der Waals surface area contributed by atoms with E-state index < -0.39 is 24.5 Å². The number of imide groups is 1. The topological polar surface area (TPSA) is 103 Å². The number of nitrogens with one attached hydrogen (secondary N) is 2. The normalized spacial score (nSPS) is 10.1. The molecule has 1 aromatic carbocycles. The van der Waals surface area contributed by atoms with E-state index in [1.807, 2.05) is 5.32 Å². The van der Waals surface area contributed by atoms with E-state index in [1.54, 1.807) is 25.1 Å². The van der Waals surface area contributed by atoms with Crippen LogP contribution in [0.3, 0.4) is 0 Å². The predicted octanol–water partition coefficient (Wildman–Crippen LogP) is 1.11. The minimum absolute atomic E-state index is 0.379. The third-order valence-corrected chi connectivity index (χ3v) is 2.77. The van der Waals surface area contributed by atoms with Gasteiger partial charge in [-0.2, -0.15) is 0 Å². The molecule has 0 radical (unpaired) electrons. The van der Waals surface area contributed by atoms with Crippen LogP contribution in [0.25, 0.3) is 6.08 Å². The molecular weight excluding hydrogens is 316 g/mol. The van der Waals surface area contributed by atoms with Crippen LogP contribution < -0.4 is 20.1 Å². The molecule has 0 bridgehead atoms. The van der Waals surface area contributed by atoms with Gasteiger partial charge >= 0.3 is 12.0 Å². The molecule has 1 rings (SSSR count). The molecule has 0 unspecified atom stereocenters. The van der Waals surface area contributed by atoms with Crippen LogP contribution in [0.2, 0.25) is 0 Å². The molecule has 8 nitrogen and oxygen atoms in total. The molecule has 0 saturated heterocycles. The Balaban J connectivity index is 2.57. The number of ether oxygens (including phenoxy) is 3. The third-order valence-electron chi connectivity index (χ3n) is 2.77. The summed E-state index contributed by atoms with van der Waals surface area (Å²) in [5, 5.41) is 4.40. The Labute approximate surface area is 139 Å². The number of hydrogen-bond donors (Lipinski definition) is 2. The van der Waals surface area contributed by atoms with Gasteiger partial charge in [0.15, 0.2) is 6.61 Å². The lowest BCUT2D eigenvalue weighted by Gasteiger charge is -2.07. The number of carbonyl (C=O) groups is 3. The molecule has 0 spiro atoms. The second-order valence-electron chi connectivity index (χ2n) is 4.46. The molecule has 0 aromatic heterocycles. The van der Waals surface area contributed by atoms with Crippen LogP contribution in [0.1, 0.15) is 12.5 Å². The zero-order valence-electron chi connectivity index (χ0n) is 13.8. The van der Waals surface area contributed by atoms with Crippen LogP contribution in [0.4, 0.5) is 4.79 Å². The third kappa shape index (κ3) is 6.39. The first-order valence-electron chi connectivity index (χ1n) is 7.14. The number of carbonyl (C=O) groups excluding carboxylic acids is 3. The van der Waals surface area contributed by atoms with Gasteiger partial charge in [-0.1, -0.05) is 0 Å². The highest BCUT2D eigenvalue weighted by atomic mass is 16.5. The Kier molecular flexibility index (Phi) is 7.83. The monoisotopic (exact) mass is 336 g/mol. The Bertz CT molecular complexity index is 627. The predicted molar refractivity (Wildman–Crippen MR) is 86.8 cm³/mol. The average Bonchev–Trinajstić information content (AvgIpc) is 2.57. The van der Waals surface area contributed by atoms with E-state index in [0.717, 1.165) is 6.08 Å². The summed E-state index contributed by atoms with van der Waals surface area (Å²) >= 11 is 0. The number of urea groups is 1. The number of rotatable bonds is 7. The molecule has 2 N–H and O–H groups in total. The zero-order valence-corrected chi connectivity index (χ0v) is 13.8. The first kappa shape index (κ1) is 19.0. The highest BCUT2D eigenvalue weighted by Gasteiger charge is 2.09. The number of esters is 1. The van der Waals surface area contributed by atoms with Gasteiger partial charge in [0, 0.05) is 18.2 Å². The summed E-state index contributed by atoms with van der Waals surface area (Å²) < 4.78 is 15.0. The van der Waals surface area contributed by atoms with E-state index in [2.05, 4.69) is 5.32 Å². The van der Waals surface area contributed by atoms with Gasteiger partial charge in [-0.15, -0.1) is 0 Å². The van der Waals surface area contributed by atoms with Crippen molar-refractivity contribution in [3.63, 3.8) is 0 Å². The summed E-state index contributed by atoms with van der Waals surface area (Å²) in [7, 11) is 3.03. The van der Waals surface area contributed by atoms with Gasteiger partial charge in [-0.25, -0.2) is 9.59 Å². The Morgan fingerprint density at radius 3 is 2.54 bits per heavy atom. The number of methoxy groups -OCH3 is 2. The largest absolute Gasteiger partial charge is 0.497 e. The van der Waals surface area contributed by atoms with E-state index in [-0.39, 0.29) is 0 Å². The molecule has 130 valence electrons. The lowest BCUT2D eigenvalue weighted by atomic mass is 10.1. The van der Waals surface area contributed by atoms with Gasteiger partial charge in [-0.05, 0) is 31.2 Å². The maximum atomic E-state index is 11.6. The fraction of sp³-hybridized carbons (Fsp3) is 0.312. The smallest absolute Gasteiger partial charge is 0.331 e. The van der Waals surface area contributed by atoms with E-state index in [4.69, 9.17) is 14.2 Å². The van der Waals surface area contributed by atoms with Crippen LogP contribution >= 0.6 is 0 Å². The molecule has 1 aromatic rings. The lowest BCUT2D eigenvalue weighted by Crippen LogP contribution is -2.41. The standard InChI is InChI=1S/C16H20N2O6/c1-4-17-16(21)18-14(19)10-24-15(20)8-5-11-9-12(22-2)6-7-13(11)23-3/h5-9H,4,10H2,1-3H3,(H2,17,18,19,21)/b8-5+. The Morgan fingerprint density at radius 2 is 1.92 bits per heavy atom. The van der Waals surface area contributed by atoms with Gasteiger partial charge in [0.1, 0.15) is 11.5 Å². The summed E-state index contributed by atoms with van der Waals surface area (Å²) in [6.45, 7) is 1.53. The van der Waals surface area contributed by atoms with Crippen molar-refractivity contribution < 1.29 is 28.6 Å². The molecule has 0 atom stereocenters. The molecule has 24 heavy (non-hydrogen) atoms. The van der Waals surface area contributed by atoms with Crippen molar-refractivity contribution in [1.82, 2.24) is 10.6 Å². The van der Waals surface area contributed by atoms with Crippen molar-refractivity contribution in [1.29, 1.82) is 0 Å². The van der Waals surface area contributed by atoms with Gasteiger partial charge in [0.2, 0.25) is 0 Å². The Morgan fingerprint density at radius 1 is 1.17 bits per heavy atom. The maximum Gasteiger partial charge on any atom is 0.331 e. The van der Waals surface area contributed by atoms with Crippen molar-refractivity contribution in [3.8, 4) is 11.5 Å². The zero-order chi connectivity index (χ0) is 17.9. The van der Waals surface area contributed by atoms with Gasteiger partial charge in [0.05, 0.1) is 14.2 Å². The van der Waals surface area contributed by atoms with E-state index in [1.165, 1.54) is 20.3 Å². The fourth-order valence-electron chi connectivity index (χ4n) is 1.68. The molecule has 0 aliphatic rings. The van der Waals surface area contributed by atoms with E-state index >= 15 is 0 Å². The maximum absolute atomic E-state index is 11.6. The highest BCUT2D eigenvalue weighted by molar-refractivity contribution is 5.96. The van der Waals surface area contributed by atoms with Gasteiger partial charge in [-0.3, -0.25) is 10.1 Å². The second-order valence-corrected chi connectivity index (χ2v) is 4.46. The number of hydrogen-bond acceptors (Lipinski definition) is 6. The molecule has 0 heterocycles. The molecule has 0 aliphatic carbocycles. The summed E-state index contributed by atoms with van der Waals surface area (Å²) in [6.07, 6.45) is 2.63. The van der Waals surface area contributed by atoms with Crippen LogP contribution in [-0.2, 0) is 14.3 Å². The number of amides is 3. The van der Waals surface area contributed by atoms with E-state index in [9.17, 15) is 14.4 Å². The average molecular weight is 336 g/mol. The van der Waals surface area contributed by atoms with Crippen molar-refractivity contribution in [2.75, 3.05) is 27.4 Å². The van der Waals surface area contributed by atoms with Crippen LogP contribution in [0, 0.1) is 0 Å². The van der Waals surface area contributed by atoms with Crippen LogP contribution in [0.5, 0.6) is 11.5 Å². The Hall–Kier alpha value is -3.03. The molecule has 0 saturated carbocycles. The number of benzene rings is 1. The van der Waals surface area contributed by atoms with Crippen molar-refractivity contribution in [3.05, 3.63) is 29.8 Å². The highest BCUT2D eigenvalue weighted by Crippen LogP contribution is 2.25. The van der Waals surface area contributed by atoms with Crippen LogP contribution in [-0.4, -0.2) is 45.3 Å². The SMILES string of the molecule is CCNC(=O)NC(=O)COC(=O)/C=C/c1cc(OC)ccc1OC. The van der Waals surface area contributed by atoms with Crippen molar-refractivity contribution in [2.24, 2.45) is 0 Å². The molecule has 3 amide bonds. The first-order chi connectivity index (χ1) is 11.5. The van der Waals surface area contributed by atoms with Crippen molar-refractivity contribution >= 4 is 24.0 Å². The summed E-state index contributed by atoms with van der Waals surface area (Å²) in [5.74, 6) is -0.299. The summed E-state index contributed by atoms with van der Waals surface area (Å²) in [6, 6.07) is 4.46. The first-order valence-corrected chi connectivity index (χ1v) is 7.14. The molecular formula is C16H20N2O6. The molecule has 0 fully saturated rings. The molecule has 8 heteroatoms. The molecule has 0 aliphatic heterocycles. The van der Waals surface area contributed by atoms with Gasteiger partial charge in [0.25, 0.3) is 5.91 Å². The van der Waals surface area contributed by atoms with Gasteiger partial charge < -0.3 is 19.5 Å². The van der Waals surface area contributed by atoms with E-state index in [0.29, 0.717) is 23.6 Å². The van der Waals surface area contributed by atoms with Crippen LogP contribution in [0.15, 0.2) is 24.3 Å². The fourth-order valence-corrected chi connectivity index (χ4v) is 1.68.